The Morgan fingerprint density at radius 2 is 2.33 bits per heavy atom. The Morgan fingerprint density at radius 3 is 3.00 bits per heavy atom. The van der Waals surface area contributed by atoms with E-state index in [0.29, 0.717) is 5.56 Å². The number of hydrogen-bond donors (Lipinski definition) is 1. The van der Waals surface area contributed by atoms with Crippen molar-refractivity contribution in [3.8, 4) is 6.07 Å². The molecule has 0 saturated heterocycles. The average Bonchev–Trinajstić information content (AvgIpc) is 2.27. The second-order valence-corrected chi connectivity index (χ2v) is 3.87. The zero-order valence-electron chi connectivity index (χ0n) is 8.36. The van der Waals surface area contributed by atoms with Crippen LogP contribution in [0.1, 0.15) is 35.4 Å². The molecule has 0 aliphatic heterocycles. The molecule has 0 fully saturated rings. The fraction of sp³-hybridized carbons (Fsp3) is 0.333. The van der Waals surface area contributed by atoms with Crippen LogP contribution in [0.3, 0.4) is 0 Å². The zero-order chi connectivity index (χ0) is 10.8. The number of nitrogens with two attached hydrogens (primary N) is 1. The number of nitrogens with zero attached hydrogens (tertiary/aromatic N) is 1. The lowest BCUT2D eigenvalue weighted by Crippen LogP contribution is -2.25. The second-order valence-electron chi connectivity index (χ2n) is 3.87. The normalized spacial score (nSPS) is 19.0. The first-order chi connectivity index (χ1) is 7.22. The highest BCUT2D eigenvalue weighted by molar-refractivity contribution is 5.82. The van der Waals surface area contributed by atoms with E-state index < -0.39 is 0 Å². The molecule has 15 heavy (non-hydrogen) atoms. The van der Waals surface area contributed by atoms with Gasteiger partial charge < -0.3 is 5.73 Å². The van der Waals surface area contributed by atoms with Crippen molar-refractivity contribution < 1.29 is 4.79 Å². The van der Waals surface area contributed by atoms with Gasteiger partial charge in [-0.05, 0) is 42.5 Å². The number of rotatable bonds is 1. The maximum Gasteiger partial charge on any atom is 0.224 e. The summed E-state index contributed by atoms with van der Waals surface area (Å²) in [4.78, 5) is 11.2. The minimum atomic E-state index is -0.263. The van der Waals surface area contributed by atoms with Crippen LogP contribution >= 0.6 is 0 Å². The van der Waals surface area contributed by atoms with Gasteiger partial charge in [0.05, 0.1) is 17.6 Å². The van der Waals surface area contributed by atoms with E-state index in [1.807, 2.05) is 12.1 Å². The molecule has 1 aromatic rings. The molecule has 0 heterocycles. The Morgan fingerprint density at radius 1 is 1.53 bits per heavy atom. The van der Waals surface area contributed by atoms with Gasteiger partial charge in [-0.25, -0.2) is 0 Å². The first-order valence-electron chi connectivity index (χ1n) is 5.04. The lowest BCUT2D eigenvalue weighted by Gasteiger charge is -2.22. The highest BCUT2D eigenvalue weighted by Crippen LogP contribution is 2.31. The van der Waals surface area contributed by atoms with Crippen molar-refractivity contribution >= 4 is 5.91 Å². The Hall–Kier alpha value is -1.82. The number of hydrogen-bond acceptors (Lipinski definition) is 2. The monoisotopic (exact) mass is 200 g/mol. The highest BCUT2D eigenvalue weighted by atomic mass is 16.1. The van der Waals surface area contributed by atoms with Crippen molar-refractivity contribution in [2.45, 2.75) is 25.2 Å². The Bertz CT molecular complexity index is 445. The predicted octanol–water partition coefficient (Wildman–Crippen LogP) is 1.46. The number of primary amides is 1. The predicted molar refractivity (Wildman–Crippen MR) is 56.0 cm³/mol. The molecule has 1 atom stereocenters. The van der Waals surface area contributed by atoms with Crippen LogP contribution in [0.4, 0.5) is 0 Å². The van der Waals surface area contributed by atoms with Crippen LogP contribution in [0.2, 0.25) is 0 Å². The summed E-state index contributed by atoms with van der Waals surface area (Å²) in [7, 11) is 0. The summed E-state index contributed by atoms with van der Waals surface area (Å²) in [6, 6.07) is 7.58. The number of aryl methyl sites for hydroxylation is 1. The number of nitriles is 1. The van der Waals surface area contributed by atoms with Gasteiger partial charge in [0.15, 0.2) is 0 Å². The van der Waals surface area contributed by atoms with Gasteiger partial charge in [-0.1, -0.05) is 6.07 Å². The van der Waals surface area contributed by atoms with E-state index in [0.717, 1.165) is 30.4 Å². The summed E-state index contributed by atoms with van der Waals surface area (Å²) in [5, 5.41) is 8.77. The maximum atomic E-state index is 11.2. The number of benzene rings is 1. The van der Waals surface area contributed by atoms with Crippen LogP contribution in [-0.2, 0) is 11.2 Å². The fourth-order valence-electron chi connectivity index (χ4n) is 2.18. The first-order valence-corrected chi connectivity index (χ1v) is 5.04. The number of amides is 1. The molecule has 1 unspecified atom stereocenters. The molecule has 0 bridgehead atoms. The molecule has 0 radical (unpaired) electrons. The lowest BCUT2D eigenvalue weighted by molar-refractivity contribution is -0.119. The molecule has 0 aromatic heterocycles. The molecule has 1 amide bonds. The molecule has 76 valence electrons. The molecule has 1 aliphatic rings. The topological polar surface area (TPSA) is 66.9 Å². The van der Waals surface area contributed by atoms with Crippen LogP contribution in [0.5, 0.6) is 0 Å². The van der Waals surface area contributed by atoms with Gasteiger partial charge in [-0.15, -0.1) is 0 Å². The summed E-state index contributed by atoms with van der Waals surface area (Å²) < 4.78 is 0. The van der Waals surface area contributed by atoms with E-state index in [-0.39, 0.29) is 11.8 Å². The minimum Gasteiger partial charge on any atom is -0.369 e. The third-order valence-electron chi connectivity index (χ3n) is 2.93. The smallest absolute Gasteiger partial charge is 0.224 e. The van der Waals surface area contributed by atoms with Gasteiger partial charge in [0.25, 0.3) is 0 Å². The third kappa shape index (κ3) is 1.71. The van der Waals surface area contributed by atoms with E-state index in [1.165, 1.54) is 0 Å². The van der Waals surface area contributed by atoms with Crippen LogP contribution in [0.25, 0.3) is 0 Å². The van der Waals surface area contributed by atoms with E-state index >= 15 is 0 Å². The van der Waals surface area contributed by atoms with Crippen molar-refractivity contribution in [2.75, 3.05) is 0 Å². The van der Waals surface area contributed by atoms with Gasteiger partial charge in [0.2, 0.25) is 5.91 Å². The Balaban J connectivity index is 2.46. The second kappa shape index (κ2) is 3.74. The quantitative estimate of drug-likeness (QED) is 0.745. The van der Waals surface area contributed by atoms with E-state index in [9.17, 15) is 4.79 Å². The van der Waals surface area contributed by atoms with Gasteiger partial charge >= 0.3 is 0 Å². The highest BCUT2D eigenvalue weighted by Gasteiger charge is 2.24. The van der Waals surface area contributed by atoms with Gasteiger partial charge in [0.1, 0.15) is 0 Å². The summed E-state index contributed by atoms with van der Waals surface area (Å²) in [6.45, 7) is 0. The van der Waals surface area contributed by atoms with E-state index in [1.54, 1.807) is 6.07 Å². The Kier molecular flexibility index (Phi) is 2.42. The van der Waals surface area contributed by atoms with Crippen LogP contribution in [0.15, 0.2) is 18.2 Å². The maximum absolute atomic E-state index is 11.2. The molecule has 3 heteroatoms. The number of fused-ring (bicyclic) bond motifs is 1. The first kappa shape index (κ1) is 9.72. The summed E-state index contributed by atoms with van der Waals surface area (Å²) in [5.74, 6) is -0.429. The minimum absolute atomic E-state index is 0.165. The molecule has 2 N–H and O–H groups in total. The fourth-order valence-corrected chi connectivity index (χ4v) is 2.18. The van der Waals surface area contributed by atoms with Crippen LogP contribution < -0.4 is 5.73 Å². The van der Waals surface area contributed by atoms with E-state index in [4.69, 9.17) is 11.0 Å². The number of carbonyl (C=O) groups excluding carboxylic acids is 1. The van der Waals surface area contributed by atoms with Crippen molar-refractivity contribution in [1.82, 2.24) is 0 Å². The van der Waals surface area contributed by atoms with Gasteiger partial charge in [0, 0.05) is 0 Å². The molecular formula is C12H12N2O. The number of carbonyl (C=O) groups is 1. The third-order valence-corrected chi connectivity index (χ3v) is 2.93. The Labute approximate surface area is 88.5 Å². The molecule has 2 rings (SSSR count). The largest absolute Gasteiger partial charge is 0.369 e. The van der Waals surface area contributed by atoms with Crippen LogP contribution in [-0.4, -0.2) is 5.91 Å². The van der Waals surface area contributed by atoms with Gasteiger partial charge in [-0.3, -0.25) is 4.79 Å². The van der Waals surface area contributed by atoms with Crippen molar-refractivity contribution in [3.63, 3.8) is 0 Å². The van der Waals surface area contributed by atoms with Crippen molar-refractivity contribution in [2.24, 2.45) is 5.73 Å². The lowest BCUT2D eigenvalue weighted by atomic mass is 9.82. The summed E-state index contributed by atoms with van der Waals surface area (Å²) in [5.41, 5.74) is 8.11. The zero-order valence-corrected chi connectivity index (χ0v) is 8.36. The average molecular weight is 200 g/mol. The van der Waals surface area contributed by atoms with Crippen molar-refractivity contribution in [1.29, 1.82) is 5.26 Å². The summed E-state index contributed by atoms with van der Waals surface area (Å²) in [6.07, 6.45) is 2.73. The van der Waals surface area contributed by atoms with Crippen molar-refractivity contribution in [3.05, 3.63) is 34.9 Å². The molecule has 3 nitrogen and oxygen atoms in total. The van der Waals surface area contributed by atoms with E-state index in [2.05, 4.69) is 6.07 Å². The molecule has 1 aliphatic carbocycles. The summed E-state index contributed by atoms with van der Waals surface area (Å²) >= 11 is 0. The molecular weight excluding hydrogens is 188 g/mol. The van der Waals surface area contributed by atoms with Crippen LogP contribution in [0, 0.1) is 11.3 Å². The molecule has 0 saturated carbocycles. The SMILES string of the molecule is N#Cc1ccc2c(c1)CCCC2C(N)=O. The standard InChI is InChI=1S/C12H12N2O/c13-7-8-4-5-10-9(6-8)2-1-3-11(10)12(14)15/h4-6,11H,1-3H2,(H2,14,15). The molecule has 1 aromatic carbocycles. The molecule has 0 spiro atoms. The van der Waals surface area contributed by atoms with Gasteiger partial charge in [-0.2, -0.15) is 5.26 Å².